The molecule has 0 aliphatic rings. The molecule has 0 aliphatic carbocycles. The van der Waals surface area contributed by atoms with E-state index in [1.165, 1.54) is 0 Å². The standard InChI is InChI=1S/C11H13BrCl2O/c1-15-7-9(12)4-2-8-3-5-10(13)6-11(8)14/h3,5-6,9H,2,4,7H2,1H3. The molecule has 1 unspecified atom stereocenters. The number of halogens is 3. The highest BCUT2D eigenvalue weighted by Crippen LogP contribution is 2.23. The summed E-state index contributed by atoms with van der Waals surface area (Å²) in [7, 11) is 1.70. The van der Waals surface area contributed by atoms with Crippen LogP contribution in [0.25, 0.3) is 0 Å². The summed E-state index contributed by atoms with van der Waals surface area (Å²) < 4.78 is 5.04. The molecule has 0 fully saturated rings. The van der Waals surface area contributed by atoms with Gasteiger partial charge in [0.1, 0.15) is 0 Å². The van der Waals surface area contributed by atoms with Crippen molar-refractivity contribution in [1.82, 2.24) is 0 Å². The lowest BCUT2D eigenvalue weighted by molar-refractivity contribution is 0.198. The van der Waals surface area contributed by atoms with Crippen LogP contribution in [0.5, 0.6) is 0 Å². The lowest BCUT2D eigenvalue weighted by atomic mass is 10.1. The second-order valence-corrected chi connectivity index (χ2v) is 5.47. The third kappa shape index (κ3) is 4.73. The number of benzene rings is 1. The minimum absolute atomic E-state index is 0.370. The molecule has 15 heavy (non-hydrogen) atoms. The first-order valence-electron chi connectivity index (χ1n) is 4.70. The van der Waals surface area contributed by atoms with Gasteiger partial charge in [-0.15, -0.1) is 0 Å². The van der Waals surface area contributed by atoms with Gasteiger partial charge in [-0.2, -0.15) is 0 Å². The number of rotatable bonds is 5. The van der Waals surface area contributed by atoms with Gasteiger partial charge in [-0.25, -0.2) is 0 Å². The Bertz CT molecular complexity index is 317. The van der Waals surface area contributed by atoms with Gasteiger partial charge in [-0.05, 0) is 30.5 Å². The SMILES string of the molecule is COCC(Br)CCc1ccc(Cl)cc1Cl. The van der Waals surface area contributed by atoms with Crippen molar-refractivity contribution in [2.75, 3.05) is 13.7 Å². The van der Waals surface area contributed by atoms with E-state index in [0.29, 0.717) is 16.5 Å². The predicted octanol–water partition coefficient (Wildman–Crippen LogP) is 4.34. The molecule has 0 spiro atoms. The molecule has 1 atom stereocenters. The van der Waals surface area contributed by atoms with E-state index in [9.17, 15) is 0 Å². The quantitative estimate of drug-likeness (QED) is 0.735. The number of aryl methyl sites for hydroxylation is 1. The highest BCUT2D eigenvalue weighted by molar-refractivity contribution is 9.09. The van der Waals surface area contributed by atoms with Crippen LogP contribution < -0.4 is 0 Å². The molecule has 0 heterocycles. The minimum atomic E-state index is 0.370. The Kier molecular flexibility index (Phi) is 5.98. The van der Waals surface area contributed by atoms with Crippen LogP contribution in [0.2, 0.25) is 10.0 Å². The molecule has 4 heteroatoms. The van der Waals surface area contributed by atoms with Crippen LogP contribution in [0.1, 0.15) is 12.0 Å². The first-order valence-corrected chi connectivity index (χ1v) is 6.37. The van der Waals surface area contributed by atoms with Gasteiger partial charge in [-0.1, -0.05) is 45.2 Å². The topological polar surface area (TPSA) is 9.23 Å². The molecule has 0 N–H and O–H groups in total. The fourth-order valence-electron chi connectivity index (χ4n) is 1.30. The van der Waals surface area contributed by atoms with E-state index < -0.39 is 0 Å². The maximum Gasteiger partial charge on any atom is 0.0587 e. The summed E-state index contributed by atoms with van der Waals surface area (Å²) in [6, 6.07) is 5.61. The zero-order valence-electron chi connectivity index (χ0n) is 8.47. The number of methoxy groups -OCH3 is 1. The number of alkyl halides is 1. The van der Waals surface area contributed by atoms with Gasteiger partial charge in [0.15, 0.2) is 0 Å². The van der Waals surface area contributed by atoms with Crippen molar-refractivity contribution in [3.05, 3.63) is 33.8 Å². The first kappa shape index (κ1) is 13.3. The fraction of sp³-hybridized carbons (Fsp3) is 0.455. The number of ether oxygens (including phenoxy) is 1. The Labute approximate surface area is 109 Å². The van der Waals surface area contributed by atoms with E-state index >= 15 is 0 Å². The van der Waals surface area contributed by atoms with Gasteiger partial charge < -0.3 is 4.74 Å². The largest absolute Gasteiger partial charge is 0.384 e. The predicted molar refractivity (Wildman–Crippen MR) is 69.4 cm³/mol. The normalized spacial score (nSPS) is 12.8. The van der Waals surface area contributed by atoms with Crippen molar-refractivity contribution in [2.45, 2.75) is 17.7 Å². The Morgan fingerprint density at radius 2 is 2.13 bits per heavy atom. The maximum absolute atomic E-state index is 6.06. The second kappa shape index (κ2) is 6.74. The average Bonchev–Trinajstić information content (AvgIpc) is 2.17. The molecule has 0 aromatic heterocycles. The van der Waals surface area contributed by atoms with Gasteiger partial charge in [0.25, 0.3) is 0 Å². The summed E-state index contributed by atoms with van der Waals surface area (Å²) in [5.74, 6) is 0. The van der Waals surface area contributed by atoms with Crippen molar-refractivity contribution in [3.8, 4) is 0 Å². The second-order valence-electron chi connectivity index (χ2n) is 3.33. The molecule has 0 amide bonds. The Hall–Kier alpha value is 0.240. The van der Waals surface area contributed by atoms with Crippen LogP contribution in [0, 0.1) is 0 Å². The van der Waals surface area contributed by atoms with Gasteiger partial charge >= 0.3 is 0 Å². The lowest BCUT2D eigenvalue weighted by Gasteiger charge is -2.09. The third-order valence-corrected chi connectivity index (χ3v) is 3.40. The molecule has 1 aromatic rings. The van der Waals surface area contributed by atoms with Crippen LogP contribution in [-0.2, 0) is 11.2 Å². The summed E-state index contributed by atoms with van der Waals surface area (Å²) in [5.41, 5.74) is 1.13. The van der Waals surface area contributed by atoms with Crippen LogP contribution in [0.3, 0.4) is 0 Å². The lowest BCUT2D eigenvalue weighted by Crippen LogP contribution is -2.07. The molecule has 0 saturated carbocycles. The van der Waals surface area contributed by atoms with Gasteiger partial charge in [0.05, 0.1) is 6.61 Å². The van der Waals surface area contributed by atoms with E-state index in [1.807, 2.05) is 12.1 Å². The average molecular weight is 312 g/mol. The molecule has 0 bridgehead atoms. The fourth-order valence-corrected chi connectivity index (χ4v) is 2.30. The van der Waals surface area contributed by atoms with E-state index in [2.05, 4.69) is 15.9 Å². The smallest absolute Gasteiger partial charge is 0.0587 e. The van der Waals surface area contributed by atoms with E-state index in [1.54, 1.807) is 13.2 Å². The molecular weight excluding hydrogens is 299 g/mol. The minimum Gasteiger partial charge on any atom is -0.384 e. The van der Waals surface area contributed by atoms with Crippen molar-refractivity contribution >= 4 is 39.1 Å². The van der Waals surface area contributed by atoms with Crippen molar-refractivity contribution < 1.29 is 4.74 Å². The highest BCUT2D eigenvalue weighted by atomic mass is 79.9. The molecular formula is C11H13BrCl2O. The Balaban J connectivity index is 2.50. The maximum atomic E-state index is 6.06. The summed E-state index contributed by atoms with van der Waals surface area (Å²) in [6.45, 7) is 0.714. The van der Waals surface area contributed by atoms with E-state index in [-0.39, 0.29) is 0 Å². The van der Waals surface area contributed by atoms with Crippen LogP contribution >= 0.6 is 39.1 Å². The summed E-state index contributed by atoms with van der Waals surface area (Å²) in [5, 5.41) is 1.41. The van der Waals surface area contributed by atoms with Crippen LogP contribution in [-0.4, -0.2) is 18.5 Å². The molecule has 1 nitrogen and oxygen atoms in total. The molecule has 84 valence electrons. The zero-order valence-corrected chi connectivity index (χ0v) is 11.6. The summed E-state index contributed by atoms with van der Waals surface area (Å²) >= 11 is 15.4. The van der Waals surface area contributed by atoms with Crippen molar-refractivity contribution in [1.29, 1.82) is 0 Å². The molecule has 1 aromatic carbocycles. The molecule has 0 saturated heterocycles. The van der Waals surface area contributed by atoms with Crippen molar-refractivity contribution in [3.63, 3.8) is 0 Å². The monoisotopic (exact) mass is 310 g/mol. The molecule has 1 rings (SSSR count). The third-order valence-electron chi connectivity index (χ3n) is 2.09. The van der Waals surface area contributed by atoms with Crippen LogP contribution in [0.4, 0.5) is 0 Å². The summed E-state index contributed by atoms with van der Waals surface area (Å²) in [4.78, 5) is 0.370. The zero-order chi connectivity index (χ0) is 11.3. The Morgan fingerprint density at radius 1 is 1.40 bits per heavy atom. The highest BCUT2D eigenvalue weighted by Gasteiger charge is 2.06. The number of hydrogen-bond acceptors (Lipinski definition) is 1. The van der Waals surface area contributed by atoms with E-state index in [0.717, 1.165) is 23.4 Å². The summed E-state index contributed by atoms with van der Waals surface area (Å²) in [6.07, 6.45) is 1.92. The van der Waals surface area contributed by atoms with Crippen LogP contribution in [0.15, 0.2) is 18.2 Å². The Morgan fingerprint density at radius 3 is 2.73 bits per heavy atom. The molecule has 0 radical (unpaired) electrons. The first-order chi connectivity index (χ1) is 7.13. The van der Waals surface area contributed by atoms with E-state index in [4.69, 9.17) is 27.9 Å². The van der Waals surface area contributed by atoms with Gasteiger partial charge in [-0.3, -0.25) is 0 Å². The van der Waals surface area contributed by atoms with Gasteiger partial charge in [0, 0.05) is 22.0 Å². The molecule has 0 aliphatic heterocycles. The van der Waals surface area contributed by atoms with Gasteiger partial charge in [0.2, 0.25) is 0 Å². The number of hydrogen-bond donors (Lipinski definition) is 0. The van der Waals surface area contributed by atoms with Crippen molar-refractivity contribution in [2.24, 2.45) is 0 Å².